The first-order valence-corrected chi connectivity index (χ1v) is 7.74. The van der Waals surface area contributed by atoms with Crippen LogP contribution in [0.25, 0.3) is 0 Å². The van der Waals surface area contributed by atoms with E-state index in [0.717, 1.165) is 19.3 Å². The third-order valence-corrected chi connectivity index (χ3v) is 2.92. The first kappa shape index (κ1) is 9.23. The van der Waals surface area contributed by atoms with Crippen molar-refractivity contribution in [1.82, 2.24) is 0 Å². The molecule has 0 aliphatic heterocycles. The molecule has 1 aliphatic rings. The van der Waals surface area contributed by atoms with Gasteiger partial charge in [-0.2, -0.15) is 0 Å². The molecule has 0 aromatic carbocycles. The van der Waals surface area contributed by atoms with Crippen LogP contribution >= 0.6 is 0 Å². The van der Waals surface area contributed by atoms with E-state index >= 15 is 0 Å². The molecule has 0 amide bonds. The highest BCUT2D eigenvalue weighted by Gasteiger charge is 2.27. The summed E-state index contributed by atoms with van der Waals surface area (Å²) in [7, 11) is -1.36. The first-order valence-electron chi connectivity index (χ1n) is 4.33. The molecule has 1 N–H and O–H groups in total. The van der Waals surface area contributed by atoms with Gasteiger partial charge in [-0.05, 0) is 38.9 Å². The molecular formula is C8H18O2Si. The SMILES string of the molecule is C[Si](C)(C)O[C@@H]1CCC(O)C1. The normalized spacial score (nSPS) is 32.7. The van der Waals surface area contributed by atoms with Crippen LogP contribution in [0, 0.1) is 0 Å². The van der Waals surface area contributed by atoms with E-state index in [9.17, 15) is 5.11 Å². The highest BCUT2D eigenvalue weighted by atomic mass is 28.4. The molecule has 0 bridgehead atoms. The highest BCUT2D eigenvalue weighted by Crippen LogP contribution is 2.24. The second-order valence-electron chi connectivity index (χ2n) is 4.32. The van der Waals surface area contributed by atoms with Crippen molar-refractivity contribution < 1.29 is 9.53 Å². The Morgan fingerprint density at radius 3 is 2.27 bits per heavy atom. The first-order chi connectivity index (χ1) is 4.97. The van der Waals surface area contributed by atoms with E-state index in [2.05, 4.69) is 19.6 Å². The van der Waals surface area contributed by atoms with Gasteiger partial charge in [-0.15, -0.1) is 0 Å². The van der Waals surface area contributed by atoms with Crippen molar-refractivity contribution in [2.75, 3.05) is 0 Å². The van der Waals surface area contributed by atoms with E-state index in [-0.39, 0.29) is 6.10 Å². The fourth-order valence-electron chi connectivity index (χ4n) is 1.52. The molecule has 3 heteroatoms. The van der Waals surface area contributed by atoms with Crippen molar-refractivity contribution in [2.45, 2.75) is 51.1 Å². The highest BCUT2D eigenvalue weighted by molar-refractivity contribution is 6.69. The van der Waals surface area contributed by atoms with Gasteiger partial charge in [0.25, 0.3) is 0 Å². The van der Waals surface area contributed by atoms with Gasteiger partial charge in [0.15, 0.2) is 8.32 Å². The zero-order valence-corrected chi connectivity index (χ0v) is 8.63. The molecule has 2 atom stereocenters. The van der Waals surface area contributed by atoms with E-state index < -0.39 is 8.32 Å². The molecule has 1 fully saturated rings. The Balaban J connectivity index is 2.29. The van der Waals surface area contributed by atoms with Gasteiger partial charge in [0, 0.05) is 6.10 Å². The monoisotopic (exact) mass is 174 g/mol. The van der Waals surface area contributed by atoms with Crippen LogP contribution in [0.1, 0.15) is 19.3 Å². The van der Waals surface area contributed by atoms with Crippen molar-refractivity contribution in [2.24, 2.45) is 0 Å². The molecule has 0 radical (unpaired) electrons. The summed E-state index contributed by atoms with van der Waals surface area (Å²) in [6.45, 7) is 6.58. The third kappa shape index (κ3) is 3.36. The van der Waals surface area contributed by atoms with Gasteiger partial charge in [0.2, 0.25) is 0 Å². The molecule has 1 saturated carbocycles. The minimum atomic E-state index is -1.36. The van der Waals surface area contributed by atoms with Gasteiger partial charge in [-0.3, -0.25) is 0 Å². The Morgan fingerprint density at radius 2 is 1.91 bits per heavy atom. The maximum absolute atomic E-state index is 9.23. The van der Waals surface area contributed by atoms with Crippen LogP contribution in [-0.2, 0) is 4.43 Å². The molecule has 2 nitrogen and oxygen atoms in total. The van der Waals surface area contributed by atoms with Crippen molar-refractivity contribution in [1.29, 1.82) is 0 Å². The van der Waals surface area contributed by atoms with Crippen LogP contribution in [0.15, 0.2) is 0 Å². The smallest absolute Gasteiger partial charge is 0.184 e. The van der Waals surface area contributed by atoms with Gasteiger partial charge in [0.1, 0.15) is 0 Å². The summed E-state index contributed by atoms with van der Waals surface area (Å²) < 4.78 is 5.85. The maximum Gasteiger partial charge on any atom is 0.184 e. The minimum absolute atomic E-state index is 0.101. The predicted molar refractivity (Wildman–Crippen MR) is 48.1 cm³/mol. The summed E-state index contributed by atoms with van der Waals surface area (Å²) in [4.78, 5) is 0. The molecule has 11 heavy (non-hydrogen) atoms. The molecule has 1 rings (SSSR count). The summed E-state index contributed by atoms with van der Waals surface area (Å²) in [6.07, 6.45) is 3.07. The molecule has 0 saturated heterocycles. The van der Waals surface area contributed by atoms with Crippen LogP contribution in [-0.4, -0.2) is 25.6 Å². The van der Waals surface area contributed by atoms with E-state index in [0.29, 0.717) is 6.10 Å². The summed E-state index contributed by atoms with van der Waals surface area (Å²) in [6, 6.07) is 0. The lowest BCUT2D eigenvalue weighted by Crippen LogP contribution is -2.30. The largest absolute Gasteiger partial charge is 0.415 e. The van der Waals surface area contributed by atoms with Gasteiger partial charge >= 0.3 is 0 Å². The van der Waals surface area contributed by atoms with Crippen molar-refractivity contribution in [3.8, 4) is 0 Å². The maximum atomic E-state index is 9.23. The summed E-state index contributed by atoms with van der Waals surface area (Å²) in [5, 5.41) is 9.23. The summed E-state index contributed by atoms with van der Waals surface area (Å²) in [5.41, 5.74) is 0. The second kappa shape index (κ2) is 3.25. The molecule has 1 aliphatic carbocycles. The van der Waals surface area contributed by atoms with Crippen LogP contribution in [0.4, 0.5) is 0 Å². The third-order valence-electron chi connectivity index (χ3n) is 1.88. The Morgan fingerprint density at radius 1 is 1.27 bits per heavy atom. The van der Waals surface area contributed by atoms with Gasteiger partial charge in [0.05, 0.1) is 6.10 Å². The van der Waals surface area contributed by atoms with Crippen LogP contribution < -0.4 is 0 Å². The van der Waals surface area contributed by atoms with E-state index in [1.165, 1.54) is 0 Å². The van der Waals surface area contributed by atoms with E-state index in [4.69, 9.17) is 4.43 Å². The fraction of sp³-hybridized carbons (Fsp3) is 1.00. The van der Waals surface area contributed by atoms with Crippen molar-refractivity contribution >= 4 is 8.32 Å². The summed E-state index contributed by atoms with van der Waals surface area (Å²) >= 11 is 0. The standard InChI is InChI=1S/C8H18O2Si/c1-11(2,3)10-8-5-4-7(9)6-8/h7-9H,4-6H2,1-3H3/t7?,8-/m1/s1. The molecule has 0 aromatic heterocycles. The predicted octanol–water partition coefficient (Wildman–Crippen LogP) is 1.75. The number of rotatable bonds is 2. The van der Waals surface area contributed by atoms with E-state index in [1.54, 1.807) is 0 Å². The average Bonchev–Trinajstić information content (AvgIpc) is 2.10. The van der Waals surface area contributed by atoms with Gasteiger partial charge in [-0.25, -0.2) is 0 Å². The zero-order valence-electron chi connectivity index (χ0n) is 7.63. The van der Waals surface area contributed by atoms with Gasteiger partial charge < -0.3 is 9.53 Å². The number of aliphatic hydroxyl groups excluding tert-OH is 1. The minimum Gasteiger partial charge on any atom is -0.415 e. The fourth-order valence-corrected chi connectivity index (χ4v) is 2.74. The van der Waals surface area contributed by atoms with Gasteiger partial charge in [-0.1, -0.05) is 0 Å². The number of hydrogen-bond donors (Lipinski definition) is 1. The zero-order chi connectivity index (χ0) is 8.48. The number of hydrogen-bond acceptors (Lipinski definition) is 2. The second-order valence-corrected chi connectivity index (χ2v) is 8.78. The Hall–Kier alpha value is 0.137. The van der Waals surface area contributed by atoms with Crippen LogP contribution in [0.3, 0.4) is 0 Å². The lowest BCUT2D eigenvalue weighted by atomic mass is 10.3. The van der Waals surface area contributed by atoms with Crippen LogP contribution in [0.2, 0.25) is 19.6 Å². The molecule has 1 unspecified atom stereocenters. The summed E-state index contributed by atoms with van der Waals surface area (Å²) in [5.74, 6) is 0. The Bertz CT molecular complexity index is 131. The molecular weight excluding hydrogens is 156 g/mol. The lowest BCUT2D eigenvalue weighted by Gasteiger charge is -2.22. The number of aliphatic hydroxyl groups is 1. The molecule has 66 valence electrons. The average molecular weight is 174 g/mol. The van der Waals surface area contributed by atoms with Crippen LogP contribution in [0.5, 0.6) is 0 Å². The van der Waals surface area contributed by atoms with Crippen molar-refractivity contribution in [3.63, 3.8) is 0 Å². The lowest BCUT2D eigenvalue weighted by molar-refractivity contribution is 0.146. The Kier molecular flexibility index (Phi) is 2.73. The molecule has 0 heterocycles. The molecule has 0 aromatic rings. The topological polar surface area (TPSA) is 29.5 Å². The van der Waals surface area contributed by atoms with Crippen molar-refractivity contribution in [3.05, 3.63) is 0 Å². The quantitative estimate of drug-likeness (QED) is 0.646. The van der Waals surface area contributed by atoms with E-state index in [1.807, 2.05) is 0 Å². The molecule has 0 spiro atoms. The Labute approximate surface area is 69.7 Å².